The first-order chi connectivity index (χ1) is 22.3. The minimum Gasteiger partial charge on any atom is -0.305 e. The van der Waals surface area contributed by atoms with E-state index in [0.717, 1.165) is 22.3 Å². The summed E-state index contributed by atoms with van der Waals surface area (Å²) in [6, 6.07) is 52.6. The van der Waals surface area contributed by atoms with E-state index in [1.54, 1.807) is 0 Å². The monoisotopic (exact) mass is 608 g/mol. The Balaban J connectivity index is 1.36. The second-order valence-corrected chi connectivity index (χ2v) is 13.6. The van der Waals surface area contributed by atoms with E-state index in [1.165, 1.54) is 68.1 Å². The van der Waals surface area contributed by atoms with Gasteiger partial charge in [0.05, 0.1) is 32.6 Å². The van der Waals surface area contributed by atoms with E-state index in [4.69, 9.17) is 4.98 Å². The number of hydrogen-bond acceptors (Lipinski definition) is 3. The summed E-state index contributed by atoms with van der Waals surface area (Å²) < 4.78 is 7.71. The van der Waals surface area contributed by atoms with E-state index in [-0.39, 0.29) is 0 Å². The summed E-state index contributed by atoms with van der Waals surface area (Å²) in [4.78, 5) is 5.35. The predicted octanol–water partition coefficient (Wildman–Crippen LogP) is 12.2. The van der Waals surface area contributed by atoms with Gasteiger partial charge in [-0.05, 0) is 47.5 Å². The lowest BCUT2D eigenvalue weighted by molar-refractivity contribution is 1.20. The summed E-state index contributed by atoms with van der Waals surface area (Å²) in [5.41, 5.74) is 9.23. The van der Waals surface area contributed by atoms with E-state index in [9.17, 15) is 0 Å². The van der Waals surface area contributed by atoms with Crippen molar-refractivity contribution < 1.29 is 0 Å². The molecule has 0 atom stereocenters. The number of nitrogens with zero attached hydrogens (tertiary/aromatic N) is 2. The summed E-state index contributed by atoms with van der Waals surface area (Å²) in [5.74, 6) is 0. The lowest BCUT2D eigenvalue weighted by atomic mass is 10.0. The molecule has 0 bridgehead atoms. The van der Waals surface area contributed by atoms with Crippen molar-refractivity contribution in [3.05, 3.63) is 146 Å². The quantitative estimate of drug-likeness (QED) is 0.195. The normalized spacial score (nSPS) is 12.0. The molecule has 210 valence electrons. The molecular formula is C41H24N2S2. The Kier molecular flexibility index (Phi) is 5.35. The highest BCUT2D eigenvalue weighted by Gasteiger charge is 2.22. The van der Waals surface area contributed by atoms with Crippen LogP contribution < -0.4 is 0 Å². The topological polar surface area (TPSA) is 17.8 Å². The van der Waals surface area contributed by atoms with Crippen LogP contribution in [-0.4, -0.2) is 9.55 Å². The minimum atomic E-state index is 0.991. The van der Waals surface area contributed by atoms with Crippen molar-refractivity contribution in [3.63, 3.8) is 0 Å². The molecule has 0 amide bonds. The molecular weight excluding hydrogens is 585 g/mol. The first-order valence-electron chi connectivity index (χ1n) is 15.1. The fraction of sp³-hybridized carbons (Fsp3) is 0. The third-order valence-corrected chi connectivity index (χ3v) is 11.4. The highest BCUT2D eigenvalue weighted by atomic mass is 32.1. The van der Waals surface area contributed by atoms with E-state index in [0.29, 0.717) is 0 Å². The summed E-state index contributed by atoms with van der Waals surface area (Å²) in [5, 5.41) is 6.37. The van der Waals surface area contributed by atoms with Crippen molar-refractivity contribution in [2.75, 3.05) is 0 Å². The van der Waals surface area contributed by atoms with Gasteiger partial charge in [-0.3, -0.25) is 0 Å². The predicted molar refractivity (Wildman–Crippen MR) is 195 cm³/mol. The summed E-state index contributed by atoms with van der Waals surface area (Å²) in [7, 11) is 0. The van der Waals surface area contributed by atoms with Gasteiger partial charge in [0.25, 0.3) is 0 Å². The Morgan fingerprint density at radius 1 is 0.467 bits per heavy atom. The standard InChI is InChI=1S/C41H24N2S2/c1-3-11-25(12-4-1)27-16-9-17-28-29-18-10-19-34(41(29)45-40(27)28)43-33-23-22-32(26-13-5-2-6-14-26)42-38(33)31-21-24-36-37(39(31)43)30-15-7-8-20-35(30)44-36/h1-24H. The average molecular weight is 609 g/mol. The zero-order valence-corrected chi connectivity index (χ0v) is 25.7. The average Bonchev–Trinajstić information content (AvgIpc) is 3.78. The van der Waals surface area contributed by atoms with Crippen molar-refractivity contribution in [3.8, 4) is 28.1 Å². The fourth-order valence-electron chi connectivity index (χ4n) is 7.02. The van der Waals surface area contributed by atoms with Gasteiger partial charge in [0, 0.05) is 46.6 Å². The number of rotatable bonds is 3. The second kappa shape index (κ2) is 9.60. The first kappa shape index (κ1) is 25.1. The molecule has 4 heteroatoms. The van der Waals surface area contributed by atoms with E-state index in [2.05, 4.69) is 150 Å². The van der Waals surface area contributed by atoms with Crippen LogP contribution in [0.2, 0.25) is 0 Å². The molecule has 45 heavy (non-hydrogen) atoms. The number of benzene rings is 6. The Morgan fingerprint density at radius 3 is 2.02 bits per heavy atom. The molecule has 0 saturated heterocycles. The summed E-state index contributed by atoms with van der Waals surface area (Å²) >= 11 is 3.76. The third-order valence-electron chi connectivity index (χ3n) is 9.01. The molecule has 0 unspecified atom stereocenters. The highest BCUT2D eigenvalue weighted by Crippen LogP contribution is 2.46. The number of hydrogen-bond donors (Lipinski definition) is 0. The molecule has 0 spiro atoms. The molecule has 0 saturated carbocycles. The molecule has 0 aliphatic heterocycles. The van der Waals surface area contributed by atoms with Crippen molar-refractivity contribution in [2.45, 2.75) is 0 Å². The van der Waals surface area contributed by atoms with E-state index in [1.807, 2.05) is 22.7 Å². The van der Waals surface area contributed by atoms with Crippen LogP contribution in [0, 0.1) is 0 Å². The lowest BCUT2D eigenvalue weighted by Crippen LogP contribution is -1.95. The molecule has 10 aromatic rings. The maximum absolute atomic E-state index is 5.35. The van der Waals surface area contributed by atoms with Gasteiger partial charge in [0.1, 0.15) is 0 Å². The van der Waals surface area contributed by atoms with Crippen molar-refractivity contribution in [2.24, 2.45) is 0 Å². The number of aromatic nitrogens is 2. The molecule has 0 N–H and O–H groups in total. The Bertz CT molecular complexity index is 2750. The van der Waals surface area contributed by atoms with E-state index < -0.39 is 0 Å². The lowest BCUT2D eigenvalue weighted by Gasteiger charge is -2.10. The van der Waals surface area contributed by atoms with Crippen LogP contribution >= 0.6 is 22.7 Å². The molecule has 2 nitrogen and oxygen atoms in total. The first-order valence-corrected chi connectivity index (χ1v) is 16.8. The van der Waals surface area contributed by atoms with Crippen LogP contribution in [-0.2, 0) is 0 Å². The number of fused-ring (bicyclic) bond motifs is 10. The number of pyridine rings is 1. The molecule has 4 aromatic heterocycles. The van der Waals surface area contributed by atoms with Gasteiger partial charge < -0.3 is 4.57 Å². The zero-order chi connectivity index (χ0) is 29.5. The summed E-state index contributed by atoms with van der Waals surface area (Å²) in [6.07, 6.45) is 0. The van der Waals surface area contributed by atoms with Crippen molar-refractivity contribution >= 4 is 85.0 Å². The van der Waals surface area contributed by atoms with Gasteiger partial charge in [-0.2, -0.15) is 0 Å². The summed E-state index contributed by atoms with van der Waals surface area (Å²) in [6.45, 7) is 0. The van der Waals surface area contributed by atoms with Crippen molar-refractivity contribution in [1.29, 1.82) is 0 Å². The van der Waals surface area contributed by atoms with Gasteiger partial charge >= 0.3 is 0 Å². The molecule has 0 radical (unpaired) electrons. The van der Waals surface area contributed by atoms with Gasteiger partial charge in [-0.15, -0.1) is 22.7 Å². The minimum absolute atomic E-state index is 0.991. The van der Waals surface area contributed by atoms with E-state index >= 15 is 0 Å². The van der Waals surface area contributed by atoms with Gasteiger partial charge in [-0.25, -0.2) is 4.98 Å². The van der Waals surface area contributed by atoms with Crippen LogP contribution in [0.4, 0.5) is 0 Å². The SMILES string of the molecule is c1ccc(-c2ccc3c(n2)c2ccc4sc5ccccc5c4c2n3-c2cccc3c2sc2c(-c4ccccc4)cccc23)cc1. The molecule has 4 heterocycles. The molecule has 10 rings (SSSR count). The maximum atomic E-state index is 5.35. The Morgan fingerprint density at radius 2 is 1.18 bits per heavy atom. The van der Waals surface area contributed by atoms with Gasteiger partial charge in [-0.1, -0.05) is 109 Å². The molecule has 0 fully saturated rings. The van der Waals surface area contributed by atoms with Crippen LogP contribution in [0.1, 0.15) is 0 Å². The van der Waals surface area contributed by atoms with Crippen LogP contribution in [0.15, 0.2) is 146 Å². The third kappa shape index (κ3) is 3.64. The number of thiophene rings is 2. The fourth-order valence-corrected chi connectivity index (χ4v) is 9.47. The van der Waals surface area contributed by atoms with Gasteiger partial charge in [0.15, 0.2) is 0 Å². The smallest absolute Gasteiger partial charge is 0.0971 e. The van der Waals surface area contributed by atoms with Crippen molar-refractivity contribution in [1.82, 2.24) is 9.55 Å². The molecule has 0 aliphatic carbocycles. The van der Waals surface area contributed by atoms with Gasteiger partial charge in [0.2, 0.25) is 0 Å². The van der Waals surface area contributed by atoms with Crippen LogP contribution in [0.3, 0.4) is 0 Å². The Hall–Kier alpha value is -5.29. The van der Waals surface area contributed by atoms with Crippen LogP contribution in [0.5, 0.6) is 0 Å². The zero-order valence-electron chi connectivity index (χ0n) is 24.1. The van der Waals surface area contributed by atoms with Crippen LogP contribution in [0.25, 0.3) is 90.4 Å². The molecule has 0 aliphatic rings. The highest BCUT2D eigenvalue weighted by molar-refractivity contribution is 7.27. The second-order valence-electron chi connectivity index (χ2n) is 11.5. The molecule has 6 aromatic carbocycles. The maximum Gasteiger partial charge on any atom is 0.0971 e. The largest absolute Gasteiger partial charge is 0.305 e. The Labute approximate surface area is 267 Å².